The van der Waals surface area contributed by atoms with E-state index in [1.54, 1.807) is 45.0 Å². The van der Waals surface area contributed by atoms with Crippen LogP contribution in [0.4, 0.5) is 5.69 Å². The molecule has 1 atom stereocenters. The van der Waals surface area contributed by atoms with Crippen molar-refractivity contribution in [1.29, 1.82) is 0 Å². The minimum absolute atomic E-state index is 0.0731. The molecule has 1 aromatic rings. The van der Waals surface area contributed by atoms with Crippen LogP contribution in [0.25, 0.3) is 0 Å². The maximum absolute atomic E-state index is 12.6. The van der Waals surface area contributed by atoms with E-state index in [-0.39, 0.29) is 48.6 Å². The molecule has 1 rings (SSSR count). The molecule has 0 saturated carbocycles. The van der Waals surface area contributed by atoms with Gasteiger partial charge in [-0.3, -0.25) is 24.0 Å². The van der Waals surface area contributed by atoms with Crippen LogP contribution < -0.4 is 21.3 Å². The molecule has 1 aromatic carbocycles. The summed E-state index contributed by atoms with van der Waals surface area (Å²) in [5, 5.41) is 11.0. The lowest BCUT2D eigenvalue weighted by Gasteiger charge is -2.21. The van der Waals surface area contributed by atoms with Crippen molar-refractivity contribution < 1.29 is 28.7 Å². The van der Waals surface area contributed by atoms with Crippen LogP contribution in [-0.4, -0.2) is 54.1 Å². The summed E-state index contributed by atoms with van der Waals surface area (Å²) in [6, 6.07) is 6.10. The molecule has 4 N–H and O–H groups in total. The summed E-state index contributed by atoms with van der Waals surface area (Å²) in [7, 11) is 0. The SMILES string of the molecule is CC.CC(C)C(NC(=O)CCCCCNC(=O)CBr)C(=O)NCC(=O)Nc1ccc(COC(=O)C(C)(C)C)cc1. The standard InChI is InChI=1S/C27H41BrN4O6.C2H6/c1-18(2)24(32-21(33)9-7-6-8-14-29-22(34)15-28)25(36)30-16-23(35)31-20-12-10-19(11-13-20)17-38-26(37)27(3,4)5;1-2/h10-13,18,24H,6-9,14-17H2,1-5H3,(H,29,34)(H,30,36)(H,31,35)(H,32,33);1-2H3. The maximum atomic E-state index is 12.6. The Labute approximate surface area is 247 Å². The third-order valence-corrected chi connectivity index (χ3v) is 5.94. The Balaban J connectivity index is 0.00000742. The van der Waals surface area contributed by atoms with Gasteiger partial charge in [0.1, 0.15) is 12.6 Å². The fourth-order valence-corrected chi connectivity index (χ4v) is 3.37. The highest BCUT2D eigenvalue weighted by atomic mass is 79.9. The first-order valence-electron chi connectivity index (χ1n) is 13.8. The van der Waals surface area contributed by atoms with Crippen LogP contribution in [0.1, 0.15) is 79.7 Å². The Kier molecular flexibility index (Phi) is 18.5. The highest BCUT2D eigenvalue weighted by Crippen LogP contribution is 2.17. The van der Waals surface area contributed by atoms with Crippen molar-refractivity contribution in [2.45, 2.75) is 86.8 Å². The molecule has 0 radical (unpaired) electrons. The summed E-state index contributed by atoms with van der Waals surface area (Å²) >= 11 is 3.08. The second-order valence-electron chi connectivity index (χ2n) is 10.4. The van der Waals surface area contributed by atoms with Gasteiger partial charge in [-0.05, 0) is 57.2 Å². The molecule has 0 spiro atoms. The van der Waals surface area contributed by atoms with Gasteiger partial charge in [0.2, 0.25) is 23.6 Å². The first-order valence-corrected chi connectivity index (χ1v) is 14.9. The number of benzene rings is 1. The van der Waals surface area contributed by atoms with Gasteiger partial charge < -0.3 is 26.0 Å². The number of nitrogens with one attached hydrogen (secondary N) is 4. The van der Waals surface area contributed by atoms with Gasteiger partial charge in [-0.25, -0.2) is 0 Å². The Morgan fingerprint density at radius 2 is 1.50 bits per heavy atom. The molecule has 0 bridgehead atoms. The van der Waals surface area contributed by atoms with E-state index < -0.39 is 23.3 Å². The summed E-state index contributed by atoms with van der Waals surface area (Å²) in [5.41, 5.74) is 0.741. The molecule has 0 aromatic heterocycles. The number of esters is 1. The van der Waals surface area contributed by atoms with E-state index in [2.05, 4.69) is 37.2 Å². The number of unbranched alkanes of at least 4 members (excludes halogenated alkanes) is 2. The van der Waals surface area contributed by atoms with Gasteiger partial charge in [-0.15, -0.1) is 0 Å². The van der Waals surface area contributed by atoms with Crippen LogP contribution in [-0.2, 0) is 35.3 Å². The molecule has 1 unspecified atom stereocenters. The van der Waals surface area contributed by atoms with Crippen molar-refractivity contribution in [1.82, 2.24) is 16.0 Å². The van der Waals surface area contributed by atoms with Gasteiger partial charge in [-0.1, -0.05) is 62.2 Å². The van der Waals surface area contributed by atoms with Crippen molar-refractivity contribution in [3.8, 4) is 0 Å². The molecule has 226 valence electrons. The van der Waals surface area contributed by atoms with Crippen LogP contribution >= 0.6 is 15.9 Å². The number of rotatable bonds is 15. The minimum Gasteiger partial charge on any atom is -0.460 e. The zero-order valence-electron chi connectivity index (χ0n) is 24.9. The van der Waals surface area contributed by atoms with Crippen LogP contribution in [0.2, 0.25) is 0 Å². The lowest BCUT2D eigenvalue weighted by Crippen LogP contribution is -2.51. The normalized spacial score (nSPS) is 11.4. The van der Waals surface area contributed by atoms with E-state index in [1.807, 2.05) is 27.7 Å². The summed E-state index contributed by atoms with van der Waals surface area (Å²) < 4.78 is 5.28. The number of carbonyl (C=O) groups is 5. The molecular weight excluding hydrogens is 580 g/mol. The Bertz CT molecular complexity index is 945. The molecule has 0 saturated heterocycles. The van der Waals surface area contributed by atoms with E-state index in [0.29, 0.717) is 18.7 Å². The molecule has 11 heteroatoms. The zero-order valence-corrected chi connectivity index (χ0v) is 26.5. The third kappa shape index (κ3) is 16.2. The first kappa shape index (κ1) is 37.0. The summed E-state index contributed by atoms with van der Waals surface area (Å²) in [5.74, 6) is -1.62. The lowest BCUT2D eigenvalue weighted by molar-refractivity contribution is -0.154. The minimum atomic E-state index is -0.761. The molecular formula is C29H47BrN4O6. The Morgan fingerprint density at radius 1 is 0.875 bits per heavy atom. The number of ether oxygens (including phenoxy) is 1. The van der Waals surface area contributed by atoms with Crippen molar-refractivity contribution in [2.75, 3.05) is 23.7 Å². The number of hydrogen-bond acceptors (Lipinski definition) is 6. The zero-order chi connectivity index (χ0) is 30.7. The van der Waals surface area contributed by atoms with Crippen molar-refractivity contribution in [3.63, 3.8) is 0 Å². The average molecular weight is 628 g/mol. The van der Waals surface area contributed by atoms with E-state index in [4.69, 9.17) is 4.74 Å². The largest absolute Gasteiger partial charge is 0.460 e. The van der Waals surface area contributed by atoms with E-state index >= 15 is 0 Å². The quantitative estimate of drug-likeness (QED) is 0.131. The molecule has 40 heavy (non-hydrogen) atoms. The number of alkyl halides is 1. The van der Waals surface area contributed by atoms with Crippen LogP contribution in [0, 0.1) is 11.3 Å². The number of amides is 4. The van der Waals surface area contributed by atoms with E-state index in [1.165, 1.54) is 0 Å². The number of carbonyl (C=O) groups excluding carboxylic acids is 5. The first-order chi connectivity index (χ1) is 18.8. The molecule has 0 aliphatic carbocycles. The predicted molar refractivity (Wildman–Crippen MR) is 161 cm³/mol. The monoisotopic (exact) mass is 626 g/mol. The number of halogens is 1. The number of anilines is 1. The van der Waals surface area contributed by atoms with Gasteiger partial charge in [0.25, 0.3) is 0 Å². The van der Waals surface area contributed by atoms with Crippen LogP contribution in [0.15, 0.2) is 24.3 Å². The van der Waals surface area contributed by atoms with Crippen LogP contribution in [0.3, 0.4) is 0 Å². The highest BCUT2D eigenvalue weighted by molar-refractivity contribution is 9.09. The van der Waals surface area contributed by atoms with Gasteiger partial charge in [0, 0.05) is 18.7 Å². The Morgan fingerprint density at radius 3 is 2.05 bits per heavy atom. The molecule has 4 amide bonds. The van der Waals surface area contributed by atoms with Crippen LogP contribution in [0.5, 0.6) is 0 Å². The third-order valence-electron chi connectivity index (χ3n) is 5.43. The molecule has 0 heterocycles. The molecule has 0 aliphatic rings. The average Bonchev–Trinajstić information content (AvgIpc) is 2.91. The van der Waals surface area contributed by atoms with Crippen molar-refractivity contribution >= 4 is 51.2 Å². The second-order valence-corrected chi connectivity index (χ2v) is 10.9. The lowest BCUT2D eigenvalue weighted by atomic mass is 9.97. The van der Waals surface area contributed by atoms with Gasteiger partial charge in [0.15, 0.2) is 0 Å². The Hall–Kier alpha value is -2.95. The van der Waals surface area contributed by atoms with E-state index in [0.717, 1.165) is 18.4 Å². The second kappa shape index (κ2) is 20.0. The topological polar surface area (TPSA) is 143 Å². The summed E-state index contributed by atoms with van der Waals surface area (Å²) in [6.45, 7) is 13.4. The summed E-state index contributed by atoms with van der Waals surface area (Å²) in [6.07, 6.45) is 2.46. The molecule has 0 aliphatic heterocycles. The van der Waals surface area contributed by atoms with Gasteiger partial charge >= 0.3 is 5.97 Å². The predicted octanol–water partition coefficient (Wildman–Crippen LogP) is 4.07. The number of hydrogen-bond donors (Lipinski definition) is 4. The highest BCUT2D eigenvalue weighted by Gasteiger charge is 2.24. The fourth-order valence-electron chi connectivity index (χ4n) is 3.18. The summed E-state index contributed by atoms with van der Waals surface area (Å²) in [4.78, 5) is 60.3. The molecule has 10 nitrogen and oxygen atoms in total. The maximum Gasteiger partial charge on any atom is 0.311 e. The smallest absolute Gasteiger partial charge is 0.311 e. The molecule has 0 fully saturated rings. The van der Waals surface area contributed by atoms with Gasteiger partial charge in [0.05, 0.1) is 17.3 Å². The van der Waals surface area contributed by atoms with Crippen molar-refractivity contribution in [3.05, 3.63) is 29.8 Å². The van der Waals surface area contributed by atoms with Crippen molar-refractivity contribution in [2.24, 2.45) is 11.3 Å². The van der Waals surface area contributed by atoms with E-state index in [9.17, 15) is 24.0 Å². The van der Waals surface area contributed by atoms with Gasteiger partial charge in [-0.2, -0.15) is 0 Å². The fraction of sp³-hybridized carbons (Fsp3) is 0.621.